The van der Waals surface area contributed by atoms with Gasteiger partial charge in [0.15, 0.2) is 5.17 Å². The number of halogens is 2. The smallest absolute Gasteiger partial charge is 0.264 e. The van der Waals surface area contributed by atoms with Crippen LogP contribution in [0.2, 0.25) is 5.02 Å². The van der Waals surface area contributed by atoms with Gasteiger partial charge in [-0.2, -0.15) is 0 Å². The molecular weight excluding hydrogens is 387 g/mol. The van der Waals surface area contributed by atoms with Crippen molar-refractivity contribution in [2.45, 2.75) is 0 Å². The van der Waals surface area contributed by atoms with E-state index in [0.717, 1.165) is 5.56 Å². The molecule has 0 radical (unpaired) electrons. The highest BCUT2D eigenvalue weighted by atomic mass is 35.5. The van der Waals surface area contributed by atoms with Crippen LogP contribution in [0.15, 0.2) is 75.0 Å². The molecule has 134 valence electrons. The first kappa shape index (κ1) is 17.6. The topological polar surface area (TPSA) is 54.6 Å². The van der Waals surface area contributed by atoms with Gasteiger partial charge in [0, 0.05) is 11.6 Å². The normalized spacial score (nSPS) is 16.9. The zero-order valence-electron chi connectivity index (χ0n) is 13.8. The minimum Gasteiger partial charge on any atom is -0.457 e. The van der Waals surface area contributed by atoms with Crippen LogP contribution in [0.3, 0.4) is 0 Å². The van der Waals surface area contributed by atoms with Crippen LogP contribution in [-0.4, -0.2) is 11.1 Å². The Labute approximate surface area is 163 Å². The number of amides is 1. The molecule has 0 spiro atoms. The highest BCUT2D eigenvalue weighted by molar-refractivity contribution is 8.18. The molecule has 1 fully saturated rings. The van der Waals surface area contributed by atoms with E-state index in [2.05, 4.69) is 10.3 Å². The summed E-state index contributed by atoms with van der Waals surface area (Å²) in [6, 6.07) is 16.7. The van der Waals surface area contributed by atoms with Gasteiger partial charge in [-0.1, -0.05) is 23.7 Å². The molecular formula is C20H12ClFN2O2S. The average Bonchev–Trinajstić information content (AvgIpc) is 3.25. The lowest BCUT2D eigenvalue weighted by molar-refractivity contribution is -0.115. The first-order valence-corrected chi connectivity index (χ1v) is 9.18. The number of thioether (sulfide) groups is 1. The molecule has 0 bridgehead atoms. The van der Waals surface area contributed by atoms with E-state index in [-0.39, 0.29) is 11.7 Å². The van der Waals surface area contributed by atoms with Crippen molar-refractivity contribution in [1.82, 2.24) is 5.32 Å². The van der Waals surface area contributed by atoms with E-state index in [9.17, 15) is 9.18 Å². The molecule has 1 N–H and O–H groups in total. The van der Waals surface area contributed by atoms with Crippen LogP contribution in [0, 0.1) is 5.82 Å². The summed E-state index contributed by atoms with van der Waals surface area (Å²) in [4.78, 5) is 17.0. The fraction of sp³-hybridized carbons (Fsp3) is 0. The highest BCUT2D eigenvalue weighted by Gasteiger charge is 2.24. The molecule has 4 nitrogen and oxygen atoms in total. The lowest BCUT2D eigenvalue weighted by Gasteiger charge is -1.98. The van der Waals surface area contributed by atoms with Crippen LogP contribution in [-0.2, 0) is 4.79 Å². The maximum Gasteiger partial charge on any atom is 0.264 e. The number of furan rings is 1. The van der Waals surface area contributed by atoms with Crippen molar-refractivity contribution in [3.05, 3.63) is 82.2 Å². The second-order valence-electron chi connectivity index (χ2n) is 5.64. The number of rotatable bonds is 3. The summed E-state index contributed by atoms with van der Waals surface area (Å²) in [5.74, 6) is 0.545. The Hall–Kier alpha value is -2.83. The third kappa shape index (κ3) is 3.97. The predicted molar refractivity (Wildman–Crippen MR) is 106 cm³/mol. The fourth-order valence-electron chi connectivity index (χ4n) is 2.46. The van der Waals surface area contributed by atoms with Crippen molar-refractivity contribution in [2.75, 3.05) is 0 Å². The summed E-state index contributed by atoms with van der Waals surface area (Å²) < 4.78 is 18.8. The predicted octanol–water partition coefficient (Wildman–Crippen LogP) is 5.63. The van der Waals surface area contributed by atoms with Crippen molar-refractivity contribution >= 4 is 46.2 Å². The Balaban J connectivity index is 1.55. The van der Waals surface area contributed by atoms with Gasteiger partial charge in [0.25, 0.3) is 5.91 Å². The van der Waals surface area contributed by atoms with Crippen molar-refractivity contribution in [2.24, 2.45) is 4.99 Å². The Bertz CT molecular complexity index is 1070. The number of carbonyl (C=O) groups excluding carboxylic acids is 1. The van der Waals surface area contributed by atoms with Gasteiger partial charge in [-0.15, -0.1) is 0 Å². The maximum absolute atomic E-state index is 13.0. The summed E-state index contributed by atoms with van der Waals surface area (Å²) >= 11 is 7.30. The molecule has 1 aromatic heterocycles. The Morgan fingerprint density at radius 3 is 2.63 bits per heavy atom. The number of nitrogens with one attached hydrogen (secondary N) is 1. The molecule has 3 aromatic rings. The van der Waals surface area contributed by atoms with Gasteiger partial charge in [-0.3, -0.25) is 4.79 Å². The molecule has 2 heterocycles. The van der Waals surface area contributed by atoms with Crippen molar-refractivity contribution < 1.29 is 13.6 Å². The first-order valence-electron chi connectivity index (χ1n) is 7.98. The lowest BCUT2D eigenvalue weighted by atomic mass is 10.2. The van der Waals surface area contributed by atoms with E-state index in [4.69, 9.17) is 16.0 Å². The number of para-hydroxylation sites is 1. The summed E-state index contributed by atoms with van der Waals surface area (Å²) in [5, 5.41) is 3.66. The highest BCUT2D eigenvalue weighted by Crippen LogP contribution is 2.31. The number of carbonyl (C=O) groups is 1. The van der Waals surface area contributed by atoms with E-state index in [1.54, 1.807) is 42.5 Å². The van der Waals surface area contributed by atoms with Crippen LogP contribution in [0.25, 0.3) is 17.4 Å². The Morgan fingerprint density at radius 2 is 1.85 bits per heavy atom. The molecule has 7 heteroatoms. The van der Waals surface area contributed by atoms with E-state index in [0.29, 0.717) is 32.3 Å². The van der Waals surface area contributed by atoms with Crippen LogP contribution in [0.4, 0.5) is 10.1 Å². The summed E-state index contributed by atoms with van der Waals surface area (Å²) in [5.41, 5.74) is 1.34. The minimum absolute atomic E-state index is 0.259. The molecule has 1 aliphatic heterocycles. The van der Waals surface area contributed by atoms with Gasteiger partial charge in [-0.05, 0) is 60.3 Å². The van der Waals surface area contributed by atoms with Gasteiger partial charge in [0.05, 0.1) is 15.6 Å². The molecule has 1 saturated heterocycles. The number of benzene rings is 2. The number of hydrogen-bond acceptors (Lipinski definition) is 4. The molecule has 0 aliphatic carbocycles. The third-order valence-electron chi connectivity index (χ3n) is 3.75. The monoisotopic (exact) mass is 398 g/mol. The van der Waals surface area contributed by atoms with Crippen molar-refractivity contribution in [3.8, 4) is 11.3 Å². The SMILES string of the molecule is O=C1NC(=Nc2ccccc2Cl)S/C1=C/c1ccc(-c2ccc(F)cc2)o1. The van der Waals surface area contributed by atoms with E-state index >= 15 is 0 Å². The zero-order valence-corrected chi connectivity index (χ0v) is 15.4. The van der Waals surface area contributed by atoms with E-state index in [1.807, 2.05) is 12.1 Å². The molecule has 1 aliphatic rings. The molecule has 27 heavy (non-hydrogen) atoms. The fourth-order valence-corrected chi connectivity index (χ4v) is 3.45. The quantitative estimate of drug-likeness (QED) is 0.581. The van der Waals surface area contributed by atoms with Gasteiger partial charge >= 0.3 is 0 Å². The molecule has 0 saturated carbocycles. The van der Waals surface area contributed by atoms with E-state index in [1.165, 1.54) is 23.9 Å². The first-order chi connectivity index (χ1) is 13.1. The second-order valence-corrected chi connectivity index (χ2v) is 7.08. The Kier molecular flexibility index (Phi) is 4.83. The molecule has 2 aromatic carbocycles. The molecule has 0 unspecified atom stereocenters. The van der Waals surface area contributed by atoms with Crippen molar-refractivity contribution in [1.29, 1.82) is 0 Å². The minimum atomic E-state index is -0.308. The third-order valence-corrected chi connectivity index (χ3v) is 4.98. The van der Waals surface area contributed by atoms with Gasteiger partial charge < -0.3 is 9.73 Å². The number of nitrogens with zero attached hydrogens (tertiary/aromatic N) is 1. The second kappa shape index (κ2) is 7.42. The summed E-state index contributed by atoms with van der Waals surface area (Å²) in [7, 11) is 0. The molecule has 4 rings (SSSR count). The largest absolute Gasteiger partial charge is 0.457 e. The summed E-state index contributed by atoms with van der Waals surface area (Å²) in [6.45, 7) is 0. The van der Waals surface area contributed by atoms with Crippen LogP contribution >= 0.6 is 23.4 Å². The average molecular weight is 399 g/mol. The Morgan fingerprint density at radius 1 is 1.07 bits per heavy atom. The van der Waals surface area contributed by atoms with E-state index < -0.39 is 0 Å². The van der Waals surface area contributed by atoms with Crippen molar-refractivity contribution in [3.63, 3.8) is 0 Å². The van der Waals surface area contributed by atoms with Crippen LogP contribution in [0.5, 0.6) is 0 Å². The number of amidine groups is 1. The standard InChI is InChI=1S/C20H12ClFN2O2S/c21-15-3-1-2-4-16(15)23-20-24-19(25)18(27-20)11-14-9-10-17(26-14)12-5-7-13(22)8-6-12/h1-11H,(H,23,24,25)/b18-11+. The van der Waals surface area contributed by atoms with Gasteiger partial charge in [0.1, 0.15) is 17.3 Å². The van der Waals surface area contributed by atoms with Crippen LogP contribution in [0.1, 0.15) is 5.76 Å². The van der Waals surface area contributed by atoms with Gasteiger partial charge in [-0.25, -0.2) is 9.38 Å². The van der Waals surface area contributed by atoms with Gasteiger partial charge in [0.2, 0.25) is 0 Å². The maximum atomic E-state index is 13.0. The van der Waals surface area contributed by atoms with Crippen LogP contribution < -0.4 is 5.32 Å². The zero-order chi connectivity index (χ0) is 18.8. The number of hydrogen-bond donors (Lipinski definition) is 1. The lowest BCUT2D eigenvalue weighted by Crippen LogP contribution is -2.19. The number of aliphatic imine (C=N–C) groups is 1. The molecule has 1 amide bonds. The summed E-state index contributed by atoms with van der Waals surface area (Å²) in [6.07, 6.45) is 1.64. The molecule has 0 atom stereocenters.